The Bertz CT molecular complexity index is 1140. The van der Waals surface area contributed by atoms with Gasteiger partial charge in [-0.3, -0.25) is 18.6 Å². The third-order valence-corrected chi connectivity index (χ3v) is 8.78. The van der Waals surface area contributed by atoms with Crippen molar-refractivity contribution in [2.24, 2.45) is 5.73 Å². The van der Waals surface area contributed by atoms with Crippen LogP contribution in [0.15, 0.2) is 85.1 Å². The molecular weight excluding hydrogens is 689 g/mol. The number of carbonyl (C=O) groups is 2. The average molecular weight is 762 g/mol. The molecule has 0 heterocycles. The van der Waals surface area contributed by atoms with Crippen LogP contribution in [0.1, 0.15) is 142 Å². The zero-order valence-corrected chi connectivity index (χ0v) is 33.9. The first-order chi connectivity index (χ1) is 25.8. The maximum atomic E-state index is 12.5. The summed E-state index contributed by atoms with van der Waals surface area (Å²) in [5.74, 6) is -0.993. The second kappa shape index (κ2) is 38.9. The standard InChI is InChI=1S/C43H72NO8P/c1-3-5-7-9-11-13-15-17-18-19-20-21-22-24-26-28-30-32-34-36-43(46)52-41(40-51-53(47,48)50-38-37-44)39-49-42(45)35-33-31-29-27-25-23-16-14-12-10-8-6-4-2/h5,7,11,13,17-18,20-21,24,26,29-32,41H,3-4,6,8-10,12,14-16,19,22-23,25,27-28,33-40,44H2,1-2H3,(H,47,48). The van der Waals surface area contributed by atoms with Crippen molar-refractivity contribution in [3.63, 3.8) is 0 Å². The Morgan fingerprint density at radius 1 is 0.585 bits per heavy atom. The fourth-order valence-electron chi connectivity index (χ4n) is 4.85. The van der Waals surface area contributed by atoms with E-state index in [1.165, 1.54) is 51.4 Å². The van der Waals surface area contributed by atoms with Crippen molar-refractivity contribution in [1.82, 2.24) is 0 Å². The maximum Gasteiger partial charge on any atom is 0.472 e. The molecule has 0 rings (SSSR count). The number of rotatable bonds is 36. The Kier molecular flexibility index (Phi) is 36.8. The van der Waals surface area contributed by atoms with Gasteiger partial charge in [-0.25, -0.2) is 4.57 Å². The molecule has 3 N–H and O–H groups in total. The van der Waals surface area contributed by atoms with Crippen molar-refractivity contribution in [1.29, 1.82) is 0 Å². The summed E-state index contributed by atoms with van der Waals surface area (Å²) in [6.45, 7) is 3.45. The molecule has 0 amide bonds. The van der Waals surface area contributed by atoms with Crippen LogP contribution in [0.4, 0.5) is 0 Å². The average Bonchev–Trinajstić information content (AvgIpc) is 3.14. The number of carbonyl (C=O) groups excluding carboxylic acids is 2. The Morgan fingerprint density at radius 2 is 1.04 bits per heavy atom. The van der Waals surface area contributed by atoms with Gasteiger partial charge >= 0.3 is 19.8 Å². The number of unbranched alkanes of at least 4 members (excludes halogenated alkanes) is 9. The fraction of sp³-hybridized carbons (Fsp3) is 0.628. The summed E-state index contributed by atoms with van der Waals surface area (Å²) in [4.78, 5) is 34.7. The number of phosphoric acid groups is 1. The van der Waals surface area contributed by atoms with Gasteiger partial charge in [-0.05, 0) is 64.2 Å². The first kappa shape index (κ1) is 50.2. The van der Waals surface area contributed by atoms with Crippen molar-refractivity contribution < 1.29 is 37.6 Å². The second-order valence-corrected chi connectivity index (χ2v) is 14.2. The predicted octanol–water partition coefficient (Wildman–Crippen LogP) is 11.3. The Hall–Kier alpha value is -2.81. The Balaban J connectivity index is 4.39. The van der Waals surface area contributed by atoms with Crippen molar-refractivity contribution in [3.8, 4) is 0 Å². The lowest BCUT2D eigenvalue weighted by Gasteiger charge is -2.19. The molecule has 0 radical (unpaired) electrons. The van der Waals surface area contributed by atoms with Crippen LogP contribution in [-0.2, 0) is 32.7 Å². The minimum absolute atomic E-state index is 0.0339. The molecular formula is C43H72NO8P. The van der Waals surface area contributed by atoms with Crippen LogP contribution in [0.2, 0.25) is 0 Å². The molecule has 0 aliphatic rings. The number of allylic oxidation sites excluding steroid dienone is 14. The van der Waals surface area contributed by atoms with E-state index in [2.05, 4.69) is 80.7 Å². The van der Waals surface area contributed by atoms with Gasteiger partial charge in [0, 0.05) is 19.4 Å². The highest BCUT2D eigenvalue weighted by molar-refractivity contribution is 7.47. The monoisotopic (exact) mass is 761 g/mol. The topological polar surface area (TPSA) is 134 Å². The Labute approximate surface area is 322 Å². The number of ether oxygens (including phenoxy) is 2. The number of esters is 2. The molecule has 0 aromatic carbocycles. The molecule has 0 aliphatic heterocycles. The number of hydrogen-bond donors (Lipinski definition) is 2. The van der Waals surface area contributed by atoms with Gasteiger partial charge in [0.25, 0.3) is 0 Å². The summed E-state index contributed by atoms with van der Waals surface area (Å²) in [6, 6.07) is 0. The van der Waals surface area contributed by atoms with Crippen molar-refractivity contribution in [2.45, 2.75) is 148 Å². The number of phosphoric ester groups is 1. The van der Waals surface area contributed by atoms with E-state index in [-0.39, 0.29) is 32.6 Å². The minimum atomic E-state index is -4.40. The van der Waals surface area contributed by atoms with Crippen molar-refractivity contribution in [2.75, 3.05) is 26.4 Å². The van der Waals surface area contributed by atoms with E-state index in [1.807, 2.05) is 18.2 Å². The summed E-state index contributed by atoms with van der Waals surface area (Å²) in [7, 11) is -4.40. The molecule has 0 fully saturated rings. The zero-order chi connectivity index (χ0) is 38.9. The molecule has 302 valence electrons. The van der Waals surface area contributed by atoms with Gasteiger partial charge in [-0.1, -0.05) is 150 Å². The molecule has 0 bridgehead atoms. The lowest BCUT2D eigenvalue weighted by molar-refractivity contribution is -0.161. The van der Waals surface area contributed by atoms with Crippen LogP contribution in [0.3, 0.4) is 0 Å². The van der Waals surface area contributed by atoms with Gasteiger partial charge in [-0.15, -0.1) is 0 Å². The molecule has 0 saturated heterocycles. The molecule has 2 unspecified atom stereocenters. The van der Waals surface area contributed by atoms with Gasteiger partial charge in [0.15, 0.2) is 6.10 Å². The van der Waals surface area contributed by atoms with Crippen LogP contribution in [0.5, 0.6) is 0 Å². The normalized spacial score (nSPS) is 14.3. The van der Waals surface area contributed by atoms with E-state index in [4.69, 9.17) is 24.3 Å². The van der Waals surface area contributed by atoms with Gasteiger partial charge in [-0.2, -0.15) is 0 Å². The molecule has 9 nitrogen and oxygen atoms in total. The highest BCUT2D eigenvalue weighted by Gasteiger charge is 2.25. The fourth-order valence-corrected chi connectivity index (χ4v) is 5.62. The molecule has 0 aromatic rings. The van der Waals surface area contributed by atoms with E-state index in [1.54, 1.807) is 0 Å². The molecule has 0 spiro atoms. The lowest BCUT2D eigenvalue weighted by atomic mass is 10.1. The van der Waals surface area contributed by atoms with Crippen molar-refractivity contribution >= 4 is 19.8 Å². The van der Waals surface area contributed by atoms with E-state index in [0.717, 1.165) is 51.4 Å². The summed E-state index contributed by atoms with van der Waals surface area (Å²) in [6.07, 6.45) is 47.9. The van der Waals surface area contributed by atoms with Gasteiger partial charge in [0.1, 0.15) is 6.61 Å². The summed E-state index contributed by atoms with van der Waals surface area (Å²) >= 11 is 0. The van der Waals surface area contributed by atoms with Crippen LogP contribution in [-0.4, -0.2) is 49.3 Å². The van der Waals surface area contributed by atoms with Crippen LogP contribution in [0.25, 0.3) is 0 Å². The van der Waals surface area contributed by atoms with Crippen LogP contribution < -0.4 is 5.73 Å². The number of hydrogen-bond acceptors (Lipinski definition) is 8. The lowest BCUT2D eigenvalue weighted by Crippen LogP contribution is -2.29. The molecule has 2 atom stereocenters. The van der Waals surface area contributed by atoms with E-state index in [9.17, 15) is 19.0 Å². The highest BCUT2D eigenvalue weighted by atomic mass is 31.2. The summed E-state index contributed by atoms with van der Waals surface area (Å²) in [5.41, 5.74) is 5.33. The highest BCUT2D eigenvalue weighted by Crippen LogP contribution is 2.43. The minimum Gasteiger partial charge on any atom is -0.462 e. The van der Waals surface area contributed by atoms with Crippen molar-refractivity contribution in [3.05, 3.63) is 85.1 Å². The molecule has 0 aromatic heterocycles. The smallest absolute Gasteiger partial charge is 0.462 e. The molecule has 0 aliphatic carbocycles. The summed E-state index contributed by atoms with van der Waals surface area (Å²) in [5, 5.41) is 0. The van der Waals surface area contributed by atoms with Gasteiger partial charge < -0.3 is 20.1 Å². The first-order valence-corrected chi connectivity index (χ1v) is 21.6. The molecule has 53 heavy (non-hydrogen) atoms. The largest absolute Gasteiger partial charge is 0.472 e. The third-order valence-electron chi connectivity index (χ3n) is 7.79. The predicted molar refractivity (Wildman–Crippen MR) is 219 cm³/mol. The Morgan fingerprint density at radius 3 is 1.57 bits per heavy atom. The van der Waals surface area contributed by atoms with Crippen LogP contribution in [0, 0.1) is 0 Å². The second-order valence-electron chi connectivity index (χ2n) is 12.8. The van der Waals surface area contributed by atoms with E-state index >= 15 is 0 Å². The third kappa shape index (κ3) is 38.7. The SMILES string of the molecule is CCC=CCC=CCC=CCC=CCC=CCC=CCCC(=O)OC(COC(=O)CCC=CCCCCCCCCCCC)COP(=O)(O)OCCN. The van der Waals surface area contributed by atoms with Crippen LogP contribution >= 0.6 is 7.82 Å². The summed E-state index contributed by atoms with van der Waals surface area (Å²) < 4.78 is 32.5. The van der Waals surface area contributed by atoms with Gasteiger partial charge in [0.2, 0.25) is 0 Å². The van der Waals surface area contributed by atoms with E-state index in [0.29, 0.717) is 12.8 Å². The first-order valence-electron chi connectivity index (χ1n) is 20.1. The quantitative estimate of drug-likeness (QED) is 0.0277. The maximum absolute atomic E-state index is 12.5. The molecule has 0 saturated carbocycles. The zero-order valence-electron chi connectivity index (χ0n) is 33.0. The van der Waals surface area contributed by atoms with Gasteiger partial charge in [0.05, 0.1) is 13.2 Å². The molecule has 10 heteroatoms. The number of nitrogens with two attached hydrogens (primary N) is 1. The van der Waals surface area contributed by atoms with E-state index < -0.39 is 32.5 Å².